The predicted octanol–water partition coefficient (Wildman–Crippen LogP) is 0.296. The average Bonchev–Trinajstić information content (AvgIpc) is 2.40. The van der Waals surface area contributed by atoms with Gasteiger partial charge in [0.15, 0.2) is 0 Å². The van der Waals surface area contributed by atoms with Gasteiger partial charge in [-0.05, 0) is 44.9 Å². The molecule has 2 aliphatic rings. The van der Waals surface area contributed by atoms with Crippen LogP contribution in [0.1, 0.15) is 19.8 Å². The van der Waals surface area contributed by atoms with Crippen LogP contribution < -0.4 is 10.6 Å². The lowest BCUT2D eigenvalue weighted by molar-refractivity contribution is -0.0255. The van der Waals surface area contributed by atoms with E-state index in [9.17, 15) is 0 Å². The summed E-state index contributed by atoms with van der Waals surface area (Å²) in [7, 11) is 0. The van der Waals surface area contributed by atoms with Crippen LogP contribution in [0.3, 0.4) is 0 Å². The van der Waals surface area contributed by atoms with E-state index in [0.717, 1.165) is 45.2 Å². The van der Waals surface area contributed by atoms with Crippen molar-refractivity contribution in [3.63, 3.8) is 0 Å². The Morgan fingerprint density at radius 1 is 1.41 bits per heavy atom. The quantitative estimate of drug-likeness (QED) is 0.726. The molecular formula is C13H27N3O. The Hall–Kier alpha value is -0.160. The Labute approximate surface area is 105 Å². The molecule has 0 aromatic heterocycles. The van der Waals surface area contributed by atoms with Gasteiger partial charge < -0.3 is 15.4 Å². The van der Waals surface area contributed by atoms with Crippen molar-refractivity contribution in [2.75, 3.05) is 52.4 Å². The Morgan fingerprint density at radius 3 is 3.12 bits per heavy atom. The predicted molar refractivity (Wildman–Crippen MR) is 70.3 cm³/mol. The second-order valence-corrected chi connectivity index (χ2v) is 5.26. The van der Waals surface area contributed by atoms with E-state index in [0.29, 0.717) is 6.10 Å². The molecule has 2 rings (SSSR count). The zero-order valence-electron chi connectivity index (χ0n) is 11.1. The van der Waals surface area contributed by atoms with Crippen molar-refractivity contribution in [2.24, 2.45) is 5.92 Å². The summed E-state index contributed by atoms with van der Waals surface area (Å²) >= 11 is 0. The monoisotopic (exact) mass is 241 g/mol. The number of likely N-dealkylation sites (N-methyl/N-ethyl adjacent to an activating group) is 1. The molecule has 4 heteroatoms. The molecule has 0 aliphatic carbocycles. The van der Waals surface area contributed by atoms with Crippen LogP contribution in [0, 0.1) is 5.92 Å². The molecule has 0 bridgehead atoms. The third-order valence-corrected chi connectivity index (χ3v) is 3.87. The number of morpholine rings is 1. The number of piperidine rings is 1. The van der Waals surface area contributed by atoms with Crippen molar-refractivity contribution in [1.29, 1.82) is 0 Å². The van der Waals surface area contributed by atoms with E-state index in [2.05, 4.69) is 22.5 Å². The first-order valence-corrected chi connectivity index (χ1v) is 7.14. The number of nitrogens with one attached hydrogen (secondary N) is 2. The van der Waals surface area contributed by atoms with Gasteiger partial charge in [-0.1, -0.05) is 6.92 Å². The van der Waals surface area contributed by atoms with Crippen LogP contribution in [0.5, 0.6) is 0 Å². The van der Waals surface area contributed by atoms with Crippen molar-refractivity contribution >= 4 is 0 Å². The maximum atomic E-state index is 5.78. The van der Waals surface area contributed by atoms with Gasteiger partial charge in [0.05, 0.1) is 12.7 Å². The van der Waals surface area contributed by atoms with Crippen LogP contribution in [-0.4, -0.2) is 63.4 Å². The van der Waals surface area contributed by atoms with E-state index >= 15 is 0 Å². The van der Waals surface area contributed by atoms with Crippen LogP contribution in [0.4, 0.5) is 0 Å². The molecule has 2 heterocycles. The van der Waals surface area contributed by atoms with Crippen LogP contribution >= 0.6 is 0 Å². The summed E-state index contributed by atoms with van der Waals surface area (Å²) in [5, 5.41) is 7.04. The van der Waals surface area contributed by atoms with Gasteiger partial charge in [-0.15, -0.1) is 0 Å². The van der Waals surface area contributed by atoms with E-state index in [1.165, 1.54) is 25.9 Å². The maximum absolute atomic E-state index is 5.78. The second-order valence-electron chi connectivity index (χ2n) is 5.26. The van der Waals surface area contributed by atoms with Crippen molar-refractivity contribution in [3.05, 3.63) is 0 Å². The van der Waals surface area contributed by atoms with Crippen LogP contribution in [0.25, 0.3) is 0 Å². The fourth-order valence-corrected chi connectivity index (χ4v) is 2.74. The first-order valence-electron chi connectivity index (χ1n) is 7.14. The minimum absolute atomic E-state index is 0.389. The lowest BCUT2D eigenvalue weighted by atomic mass is 10.00. The van der Waals surface area contributed by atoms with E-state index < -0.39 is 0 Å². The lowest BCUT2D eigenvalue weighted by Crippen LogP contribution is -2.47. The number of ether oxygens (including phenoxy) is 1. The smallest absolute Gasteiger partial charge is 0.0826 e. The lowest BCUT2D eigenvalue weighted by Gasteiger charge is -2.32. The summed E-state index contributed by atoms with van der Waals surface area (Å²) in [4.78, 5) is 2.47. The van der Waals surface area contributed by atoms with Gasteiger partial charge in [-0.25, -0.2) is 0 Å². The molecular weight excluding hydrogens is 214 g/mol. The third-order valence-electron chi connectivity index (χ3n) is 3.87. The molecule has 100 valence electrons. The normalized spacial score (nSPS) is 31.6. The molecule has 0 amide bonds. The molecule has 4 nitrogen and oxygen atoms in total. The molecule has 2 fully saturated rings. The number of rotatable bonds is 5. The molecule has 0 aromatic carbocycles. The molecule has 2 saturated heterocycles. The van der Waals surface area contributed by atoms with Crippen molar-refractivity contribution in [2.45, 2.75) is 25.9 Å². The summed E-state index contributed by atoms with van der Waals surface area (Å²) in [5.41, 5.74) is 0. The third kappa shape index (κ3) is 4.54. The van der Waals surface area contributed by atoms with Gasteiger partial charge in [0, 0.05) is 19.6 Å². The van der Waals surface area contributed by atoms with Gasteiger partial charge in [0.2, 0.25) is 0 Å². The fraction of sp³-hybridized carbons (Fsp3) is 1.00. The summed E-state index contributed by atoms with van der Waals surface area (Å²) in [5.74, 6) is 0.814. The Morgan fingerprint density at radius 2 is 2.35 bits per heavy atom. The first-order chi connectivity index (χ1) is 8.38. The number of nitrogens with zero attached hydrogens (tertiary/aromatic N) is 1. The molecule has 17 heavy (non-hydrogen) atoms. The van der Waals surface area contributed by atoms with Gasteiger partial charge >= 0.3 is 0 Å². The van der Waals surface area contributed by atoms with E-state index in [1.807, 2.05) is 0 Å². The average molecular weight is 241 g/mol. The van der Waals surface area contributed by atoms with Crippen LogP contribution in [0.2, 0.25) is 0 Å². The highest BCUT2D eigenvalue weighted by atomic mass is 16.5. The van der Waals surface area contributed by atoms with Gasteiger partial charge in [-0.3, -0.25) is 4.90 Å². The van der Waals surface area contributed by atoms with E-state index in [4.69, 9.17) is 4.74 Å². The second kappa shape index (κ2) is 7.31. The number of hydrogen-bond acceptors (Lipinski definition) is 4. The topological polar surface area (TPSA) is 36.5 Å². The molecule has 0 spiro atoms. The molecule has 2 unspecified atom stereocenters. The Kier molecular flexibility index (Phi) is 5.71. The molecule has 0 saturated carbocycles. The van der Waals surface area contributed by atoms with Crippen molar-refractivity contribution < 1.29 is 4.74 Å². The van der Waals surface area contributed by atoms with Gasteiger partial charge in [0.25, 0.3) is 0 Å². The summed E-state index contributed by atoms with van der Waals surface area (Å²) in [6, 6.07) is 0. The van der Waals surface area contributed by atoms with Crippen LogP contribution in [0.15, 0.2) is 0 Å². The fourth-order valence-electron chi connectivity index (χ4n) is 2.74. The summed E-state index contributed by atoms with van der Waals surface area (Å²) in [6.45, 7) is 11.0. The van der Waals surface area contributed by atoms with Gasteiger partial charge in [-0.2, -0.15) is 0 Å². The van der Waals surface area contributed by atoms with E-state index in [-0.39, 0.29) is 0 Å². The summed E-state index contributed by atoms with van der Waals surface area (Å²) < 4.78 is 5.78. The molecule has 2 atom stereocenters. The largest absolute Gasteiger partial charge is 0.374 e. The van der Waals surface area contributed by atoms with Crippen LogP contribution in [-0.2, 0) is 4.74 Å². The zero-order valence-corrected chi connectivity index (χ0v) is 11.1. The minimum atomic E-state index is 0.389. The Balaban J connectivity index is 1.57. The first kappa shape index (κ1) is 13.3. The summed E-state index contributed by atoms with van der Waals surface area (Å²) in [6.07, 6.45) is 3.09. The van der Waals surface area contributed by atoms with Crippen molar-refractivity contribution in [3.8, 4) is 0 Å². The van der Waals surface area contributed by atoms with Crippen molar-refractivity contribution in [1.82, 2.24) is 15.5 Å². The maximum Gasteiger partial charge on any atom is 0.0826 e. The SMILES string of the molecule is CCN1CCOC(CNCC2CCCNC2)C1. The van der Waals surface area contributed by atoms with E-state index in [1.54, 1.807) is 0 Å². The zero-order chi connectivity index (χ0) is 11.9. The minimum Gasteiger partial charge on any atom is -0.374 e. The Bertz CT molecular complexity index is 207. The highest BCUT2D eigenvalue weighted by molar-refractivity contribution is 4.75. The molecule has 2 aliphatic heterocycles. The molecule has 2 N–H and O–H groups in total. The molecule has 0 radical (unpaired) electrons. The van der Waals surface area contributed by atoms with Gasteiger partial charge in [0.1, 0.15) is 0 Å². The standard InChI is InChI=1S/C13H27N3O/c1-2-16-6-7-17-13(11-16)10-15-9-12-4-3-5-14-8-12/h12-15H,2-11H2,1H3. The number of hydrogen-bond donors (Lipinski definition) is 2. The highest BCUT2D eigenvalue weighted by Crippen LogP contribution is 2.09. The highest BCUT2D eigenvalue weighted by Gasteiger charge is 2.19. The molecule has 0 aromatic rings.